The predicted octanol–water partition coefficient (Wildman–Crippen LogP) is 9.32. The van der Waals surface area contributed by atoms with Crippen LogP contribution in [0.25, 0.3) is 0 Å². The second-order valence-corrected chi connectivity index (χ2v) is 20.7. The number of halogens is 30. The molecule has 2 N–H and O–H groups in total. The fraction of sp³-hybridized carbons (Fsp3) is 0.0444. The van der Waals surface area contributed by atoms with Crippen molar-refractivity contribution in [3.63, 3.8) is 0 Å². The van der Waals surface area contributed by atoms with Crippen LogP contribution in [0.15, 0.2) is 29.3 Å². The second kappa shape index (κ2) is 23.5. The van der Waals surface area contributed by atoms with Gasteiger partial charge in [-0.25, -0.2) is 132 Å². The van der Waals surface area contributed by atoms with E-state index in [9.17, 15) is 132 Å². The van der Waals surface area contributed by atoms with E-state index in [4.69, 9.17) is 5.11 Å². The van der Waals surface area contributed by atoms with Gasteiger partial charge in [0.05, 0.1) is 6.54 Å². The molecule has 7 aromatic rings. The number of aromatic hydroxyl groups is 1. The van der Waals surface area contributed by atoms with Crippen LogP contribution in [0.5, 0.6) is 5.75 Å². The van der Waals surface area contributed by atoms with Crippen molar-refractivity contribution in [1.29, 1.82) is 0 Å². The summed E-state index contributed by atoms with van der Waals surface area (Å²) in [7, 11) is 0. The van der Waals surface area contributed by atoms with Crippen molar-refractivity contribution in [1.82, 2.24) is 5.32 Å². The first-order valence-electron chi connectivity index (χ1n) is 20.3. The van der Waals surface area contributed by atoms with E-state index in [1.54, 1.807) is 12.1 Å². The summed E-state index contributed by atoms with van der Waals surface area (Å²) in [6, 6.07) is 7.04. The van der Waals surface area contributed by atoms with Gasteiger partial charge in [-0.05, 0) is 50.8 Å². The Morgan fingerprint density at radius 1 is 0.263 bits per heavy atom. The molecule has 1 aliphatic heterocycles. The molecule has 0 amide bonds. The molecule has 0 bridgehead atoms. The summed E-state index contributed by atoms with van der Waals surface area (Å²) >= 11 is -11.9. The lowest BCUT2D eigenvalue weighted by atomic mass is 10.2. The number of hydrogen-bond donors (Lipinski definition) is 2. The quantitative estimate of drug-likeness (QED) is 0.0724. The van der Waals surface area contributed by atoms with Crippen LogP contribution in [0.1, 0.15) is 5.56 Å². The average molecular weight is 1220 g/mol. The van der Waals surface area contributed by atoms with E-state index in [1.807, 2.05) is 12.1 Å². The molecule has 0 atom stereocenters. The van der Waals surface area contributed by atoms with Gasteiger partial charge in [0.15, 0.2) is 175 Å². The number of benzene rings is 7. The summed E-state index contributed by atoms with van der Waals surface area (Å²) in [4.78, 5) is 4.26. The van der Waals surface area contributed by atoms with Crippen LogP contribution < -0.4 is 31.9 Å². The third-order valence-electron chi connectivity index (χ3n) is 11.0. The summed E-state index contributed by atoms with van der Waals surface area (Å²) in [6.07, 6.45) is 0. The van der Waals surface area contributed by atoms with Crippen LogP contribution in [0.4, 0.5) is 132 Å². The highest BCUT2D eigenvalue weighted by Gasteiger charge is 2.49. The zero-order valence-electron chi connectivity index (χ0n) is 37.1. The second-order valence-electron chi connectivity index (χ2n) is 15.5. The van der Waals surface area contributed by atoms with Crippen LogP contribution in [-0.4, -0.2) is 52.3 Å². The molecule has 3 nitrogen and oxygen atoms in total. The Hall–Kier alpha value is -7.23. The Bertz CT molecular complexity index is 3030. The monoisotopic (exact) mass is 1220 g/mol. The number of hydrogen-bond acceptors (Lipinski definition) is 3. The fourth-order valence-electron chi connectivity index (χ4n) is 7.33. The van der Waals surface area contributed by atoms with Crippen LogP contribution in [-0.2, 0) is 0 Å². The van der Waals surface area contributed by atoms with Gasteiger partial charge >= 0.3 is 28.3 Å². The molecule has 0 unspecified atom stereocenters. The van der Waals surface area contributed by atoms with E-state index in [1.165, 1.54) is 0 Å². The van der Waals surface area contributed by atoms with Gasteiger partial charge in [0.2, 0.25) is 0 Å². The van der Waals surface area contributed by atoms with Crippen molar-refractivity contribution < 1.29 is 137 Å². The molecule has 0 spiro atoms. The summed E-state index contributed by atoms with van der Waals surface area (Å²) < 4.78 is 403. The zero-order valence-corrected chi connectivity index (χ0v) is 39.4. The molecule has 0 aromatic heterocycles. The molecule has 35 heteroatoms. The Morgan fingerprint density at radius 3 is 0.575 bits per heavy atom. The maximum atomic E-state index is 14.4. The molecule has 0 aliphatic carbocycles. The normalized spacial score (nSPS) is 12.0. The molecule has 7 aromatic carbocycles. The van der Waals surface area contributed by atoms with Crippen LogP contribution in [0.3, 0.4) is 0 Å². The lowest BCUT2D eigenvalue weighted by Crippen LogP contribution is -2.60. The maximum absolute atomic E-state index is 14.4. The topological polar surface area (TPSA) is 44.6 Å². The Balaban J connectivity index is 0.000000213. The summed E-state index contributed by atoms with van der Waals surface area (Å²) in [6.45, 7) is 1.76. The zero-order chi connectivity index (χ0) is 60.3. The molecule has 1 aliphatic rings. The molecule has 1 heterocycles. The molecular weight excluding hydrogens is 1210 g/mol. The molecule has 422 valence electrons. The van der Waals surface area contributed by atoms with Gasteiger partial charge in [-0.3, -0.25) is 4.99 Å². The van der Waals surface area contributed by atoms with Crippen molar-refractivity contribution in [2.45, 2.75) is 0 Å². The predicted molar refractivity (Wildman–Crippen MR) is 214 cm³/mol. The number of rotatable bonds is 7. The molecule has 0 radical (unpaired) electrons. The Labute approximate surface area is 430 Å². The lowest BCUT2D eigenvalue weighted by molar-refractivity contribution is 0.380. The van der Waals surface area contributed by atoms with Gasteiger partial charge in [-0.2, -0.15) is 0 Å². The maximum Gasteiger partial charge on any atom is 0.413 e. The molecular formula is C45H10Al2F30N2O. The minimum atomic E-state index is -5.96. The number of nitrogens with zero attached hydrogens (tertiary/aromatic N) is 1. The number of phenols is 1. The summed E-state index contributed by atoms with van der Waals surface area (Å²) in [5.74, 6) is -87.9. The number of amidine groups is 1. The highest BCUT2D eigenvalue weighted by atomic mass is 27.2. The first kappa shape index (κ1) is 62.0. The third-order valence-corrected chi connectivity index (χ3v) is 17.5. The van der Waals surface area contributed by atoms with E-state index in [0.29, 0.717) is 0 Å². The minimum absolute atomic E-state index is 0.289. The SMILES string of the molecule is Fc1c(F)c(F)[c]([Al]([c]2c(F)c(F)c(F)c(F)c2F)[c]2c(F)c(F)c(F)c(F)c2F)c(F)c1F.Fc1c(F)c(F)[c]([Al]([c]2c(F)c(F)c(F)c(F)c2F)[c]2c(F)c(F)c(F)c(F)c2F)c(F)c1F.Oc1ccc(C2=NCCN2)cc1. The number of nitrogens with one attached hydrogen (secondary N) is 1. The first-order chi connectivity index (χ1) is 37.2. The smallest absolute Gasteiger partial charge is 0.413 e. The largest absolute Gasteiger partial charge is 0.508 e. The fourth-order valence-corrected chi connectivity index (χ4v) is 13.6. The molecule has 8 rings (SSSR count). The van der Waals surface area contributed by atoms with Gasteiger partial charge in [0, 0.05) is 12.1 Å². The van der Waals surface area contributed by atoms with E-state index < -0.39 is 229 Å². The summed E-state index contributed by atoms with van der Waals surface area (Å²) in [5.41, 5.74) is 1.03. The molecule has 80 heavy (non-hydrogen) atoms. The summed E-state index contributed by atoms with van der Waals surface area (Å²) in [5, 5.41) is 12.2. The highest BCUT2D eigenvalue weighted by molar-refractivity contribution is 6.96. The molecule has 0 saturated carbocycles. The van der Waals surface area contributed by atoms with Crippen LogP contribution in [0, 0.1) is 175 Å². The number of phenolic OH excluding ortho intramolecular Hbond substituents is 1. The van der Waals surface area contributed by atoms with Gasteiger partial charge in [0.25, 0.3) is 0 Å². The van der Waals surface area contributed by atoms with Crippen molar-refractivity contribution >= 4 is 60.7 Å². The Morgan fingerprint density at radius 2 is 0.425 bits per heavy atom. The molecule has 0 fully saturated rings. The highest BCUT2D eigenvalue weighted by Crippen LogP contribution is 2.27. The van der Waals surface area contributed by atoms with Crippen molar-refractivity contribution in [3.05, 3.63) is 204 Å². The van der Waals surface area contributed by atoms with Crippen molar-refractivity contribution in [2.75, 3.05) is 13.1 Å². The lowest BCUT2D eigenvalue weighted by Gasteiger charge is -2.20. The van der Waals surface area contributed by atoms with Gasteiger partial charge in [-0.15, -0.1) is 0 Å². The van der Waals surface area contributed by atoms with Crippen molar-refractivity contribution in [3.8, 4) is 5.75 Å². The van der Waals surface area contributed by atoms with E-state index in [-0.39, 0.29) is 5.75 Å². The Kier molecular flexibility index (Phi) is 18.2. The van der Waals surface area contributed by atoms with Crippen LogP contribution in [0.2, 0.25) is 0 Å². The minimum Gasteiger partial charge on any atom is -0.508 e. The molecule has 0 saturated heterocycles. The van der Waals surface area contributed by atoms with Crippen LogP contribution >= 0.6 is 0 Å². The third kappa shape index (κ3) is 10.4. The van der Waals surface area contributed by atoms with E-state index in [2.05, 4.69) is 10.3 Å². The van der Waals surface area contributed by atoms with E-state index in [0.717, 1.165) is 24.5 Å². The van der Waals surface area contributed by atoms with Gasteiger partial charge in [-0.1, -0.05) is 0 Å². The van der Waals surface area contributed by atoms with E-state index >= 15 is 0 Å². The van der Waals surface area contributed by atoms with Crippen molar-refractivity contribution in [2.24, 2.45) is 4.99 Å². The van der Waals surface area contributed by atoms with Gasteiger partial charge in [0.1, 0.15) is 11.6 Å². The standard InChI is InChI=1S/C9H10N2O.6C6F5.2Al/c12-8-3-1-7(2-4-8)9-10-5-6-11-9;6*7-2-1-3(8)5(10)6(11)4(2)9;;/h1-4,12H,5-6H2,(H,10,11);;;;;;;;. The average Bonchev–Trinajstić information content (AvgIpc) is 3.99. The van der Waals surface area contributed by atoms with Gasteiger partial charge < -0.3 is 10.4 Å². The first-order valence-corrected chi connectivity index (χ1v) is 23.8. The number of aliphatic imine (C=N–C) groups is 1.